The second-order valence-corrected chi connectivity index (χ2v) is 8.89. The lowest BCUT2D eigenvalue weighted by Crippen LogP contribution is -2.43. The lowest BCUT2D eigenvalue weighted by molar-refractivity contribution is -0.394. The Morgan fingerprint density at radius 1 is 1.19 bits per heavy atom. The maximum Gasteiger partial charge on any atom is 0.277 e. The molecule has 2 rings (SSSR count). The highest BCUT2D eigenvalue weighted by Crippen LogP contribution is 2.26. The minimum atomic E-state index is -3.25. The van der Waals surface area contributed by atoms with E-state index in [2.05, 4.69) is 0 Å². The summed E-state index contributed by atoms with van der Waals surface area (Å²) in [5.74, 6) is -0.833. The Balaban J connectivity index is 2.44. The van der Waals surface area contributed by atoms with Crippen molar-refractivity contribution in [2.45, 2.75) is 26.3 Å². The molecule has 0 bridgehead atoms. The highest BCUT2D eigenvalue weighted by atomic mass is 32.2. The van der Waals surface area contributed by atoms with Gasteiger partial charge in [-0.3, -0.25) is 25.0 Å². The highest BCUT2D eigenvalue weighted by molar-refractivity contribution is 7.91. The molecule has 0 spiro atoms. The van der Waals surface area contributed by atoms with Crippen LogP contribution in [0.5, 0.6) is 0 Å². The van der Waals surface area contributed by atoms with Crippen molar-refractivity contribution in [3.8, 4) is 0 Å². The number of nitro benzene ring substituents is 2. The molecule has 0 radical (unpaired) electrons. The molecule has 1 saturated heterocycles. The van der Waals surface area contributed by atoms with Crippen LogP contribution < -0.4 is 0 Å². The molecule has 0 N–H and O–H groups in total. The van der Waals surface area contributed by atoms with Gasteiger partial charge in [-0.2, -0.15) is 0 Å². The Morgan fingerprint density at radius 3 is 2.12 bits per heavy atom. The van der Waals surface area contributed by atoms with Crippen LogP contribution in [-0.2, 0) is 9.84 Å². The summed E-state index contributed by atoms with van der Waals surface area (Å²) in [5, 5.41) is 22.0. The summed E-state index contributed by atoms with van der Waals surface area (Å²) in [6.45, 7) is 3.94. The lowest BCUT2D eigenvalue weighted by Gasteiger charge is -2.30. The molecule has 0 aromatic heterocycles. The summed E-state index contributed by atoms with van der Waals surface area (Å²) in [6, 6.07) is 2.19. The third-order valence-electron chi connectivity index (χ3n) is 4.04. The SMILES string of the molecule is CC(C)CN(C(=O)c1cc([N+](=O)[O-])cc([N+](=O)[O-])c1)[C@@H]1CCS(=O)(=O)C1. The molecule has 0 saturated carbocycles. The van der Waals surface area contributed by atoms with E-state index in [1.54, 1.807) is 0 Å². The van der Waals surface area contributed by atoms with Gasteiger partial charge in [-0.25, -0.2) is 8.42 Å². The molecule has 1 fully saturated rings. The van der Waals surface area contributed by atoms with E-state index in [4.69, 9.17) is 0 Å². The minimum absolute atomic E-state index is 0.0240. The van der Waals surface area contributed by atoms with Crippen molar-refractivity contribution in [3.63, 3.8) is 0 Å². The van der Waals surface area contributed by atoms with Crippen molar-refractivity contribution in [1.82, 2.24) is 4.90 Å². The molecule has 1 heterocycles. The van der Waals surface area contributed by atoms with Crippen LogP contribution in [0.25, 0.3) is 0 Å². The number of hydrogen-bond acceptors (Lipinski definition) is 7. The summed E-state index contributed by atoms with van der Waals surface area (Å²) >= 11 is 0. The van der Waals surface area contributed by atoms with E-state index in [1.165, 1.54) is 4.90 Å². The molecule has 1 atom stereocenters. The van der Waals surface area contributed by atoms with Gasteiger partial charge in [-0.15, -0.1) is 0 Å². The maximum absolute atomic E-state index is 12.9. The zero-order valence-electron chi connectivity index (χ0n) is 14.3. The van der Waals surface area contributed by atoms with Gasteiger partial charge in [0.25, 0.3) is 17.3 Å². The number of carbonyl (C=O) groups excluding carboxylic acids is 1. The Bertz CT molecular complexity index is 819. The maximum atomic E-state index is 12.9. The molecular formula is C15H19N3O7S. The summed E-state index contributed by atoms with van der Waals surface area (Å²) in [5.41, 5.74) is -1.33. The van der Waals surface area contributed by atoms with Gasteiger partial charge >= 0.3 is 0 Å². The topological polar surface area (TPSA) is 141 Å². The van der Waals surface area contributed by atoms with E-state index in [1.807, 2.05) is 13.8 Å². The third kappa shape index (κ3) is 4.54. The average Bonchev–Trinajstić information content (AvgIpc) is 2.91. The van der Waals surface area contributed by atoms with Crippen LogP contribution in [0.1, 0.15) is 30.6 Å². The number of sulfone groups is 1. The first kappa shape index (κ1) is 19.8. The first-order valence-corrected chi connectivity index (χ1v) is 9.77. The smallest absolute Gasteiger partial charge is 0.277 e. The molecular weight excluding hydrogens is 366 g/mol. The van der Waals surface area contributed by atoms with E-state index in [-0.39, 0.29) is 36.0 Å². The molecule has 1 aromatic carbocycles. The Morgan fingerprint density at radius 2 is 1.73 bits per heavy atom. The van der Waals surface area contributed by atoms with Crippen LogP contribution in [0.2, 0.25) is 0 Å². The number of non-ortho nitro benzene ring substituents is 2. The lowest BCUT2D eigenvalue weighted by atomic mass is 10.1. The first-order chi connectivity index (χ1) is 12.0. The Labute approximate surface area is 150 Å². The second kappa shape index (κ2) is 7.36. The fourth-order valence-corrected chi connectivity index (χ4v) is 4.64. The molecule has 10 nitrogen and oxygen atoms in total. The largest absolute Gasteiger partial charge is 0.334 e. The van der Waals surface area contributed by atoms with Crippen molar-refractivity contribution in [2.24, 2.45) is 5.92 Å². The fourth-order valence-electron chi connectivity index (χ4n) is 2.91. The molecule has 26 heavy (non-hydrogen) atoms. The molecule has 142 valence electrons. The van der Waals surface area contributed by atoms with Gasteiger partial charge in [0.05, 0.1) is 33.0 Å². The van der Waals surface area contributed by atoms with Gasteiger partial charge in [0.1, 0.15) is 0 Å². The number of rotatable bonds is 6. The van der Waals surface area contributed by atoms with Crippen LogP contribution in [-0.4, -0.2) is 53.2 Å². The number of hydrogen-bond donors (Lipinski definition) is 0. The summed E-state index contributed by atoms with van der Waals surface area (Å²) in [6.07, 6.45) is 0.276. The predicted octanol–water partition coefficient (Wildman–Crippen LogP) is 1.79. The number of amides is 1. The molecule has 1 aliphatic heterocycles. The molecule has 1 aromatic rings. The van der Waals surface area contributed by atoms with Gasteiger partial charge in [0.15, 0.2) is 9.84 Å². The van der Waals surface area contributed by atoms with Crippen molar-refractivity contribution < 1.29 is 23.1 Å². The van der Waals surface area contributed by atoms with Crippen LogP contribution in [0.4, 0.5) is 11.4 Å². The van der Waals surface area contributed by atoms with Gasteiger partial charge in [0, 0.05) is 24.7 Å². The van der Waals surface area contributed by atoms with Crippen LogP contribution in [0.3, 0.4) is 0 Å². The molecule has 11 heteroatoms. The number of benzene rings is 1. The van der Waals surface area contributed by atoms with E-state index in [9.17, 15) is 33.4 Å². The van der Waals surface area contributed by atoms with Gasteiger partial charge < -0.3 is 4.90 Å². The van der Waals surface area contributed by atoms with E-state index in [0.717, 1.165) is 18.2 Å². The number of nitrogens with zero attached hydrogens (tertiary/aromatic N) is 3. The molecule has 1 amide bonds. The van der Waals surface area contributed by atoms with Gasteiger partial charge in [-0.1, -0.05) is 13.8 Å². The summed E-state index contributed by atoms with van der Waals surface area (Å²) in [4.78, 5) is 34.7. The summed E-state index contributed by atoms with van der Waals surface area (Å²) in [7, 11) is -3.25. The zero-order valence-corrected chi connectivity index (χ0v) is 15.1. The molecule has 0 aliphatic carbocycles. The van der Waals surface area contributed by atoms with Crippen LogP contribution in [0.15, 0.2) is 18.2 Å². The first-order valence-electron chi connectivity index (χ1n) is 7.95. The Hall–Kier alpha value is -2.56. The highest BCUT2D eigenvalue weighted by Gasteiger charge is 2.36. The van der Waals surface area contributed by atoms with Gasteiger partial charge in [0.2, 0.25) is 0 Å². The van der Waals surface area contributed by atoms with Gasteiger partial charge in [-0.05, 0) is 12.3 Å². The second-order valence-electron chi connectivity index (χ2n) is 6.66. The van der Waals surface area contributed by atoms with Crippen LogP contribution >= 0.6 is 0 Å². The van der Waals surface area contributed by atoms with Crippen molar-refractivity contribution in [1.29, 1.82) is 0 Å². The third-order valence-corrected chi connectivity index (χ3v) is 5.79. The van der Waals surface area contributed by atoms with E-state index in [0.29, 0.717) is 0 Å². The normalized spacial score (nSPS) is 18.7. The fraction of sp³-hybridized carbons (Fsp3) is 0.533. The molecule has 1 aliphatic rings. The average molecular weight is 385 g/mol. The number of carbonyl (C=O) groups is 1. The van der Waals surface area contributed by atoms with Crippen molar-refractivity contribution in [3.05, 3.63) is 44.0 Å². The van der Waals surface area contributed by atoms with Crippen LogP contribution in [0, 0.1) is 26.1 Å². The predicted molar refractivity (Wildman–Crippen MR) is 92.7 cm³/mol. The van der Waals surface area contributed by atoms with E-state index >= 15 is 0 Å². The molecule has 0 unspecified atom stereocenters. The Kier molecular flexibility index (Phi) is 5.59. The standard InChI is InChI=1S/C15H19N3O7S/c1-10(2)8-16(12-3-4-26(24,25)9-12)15(19)11-5-13(17(20)21)7-14(6-11)18(22)23/h5-7,10,12H,3-4,8-9H2,1-2H3/t12-/m1/s1. The van der Waals surface area contributed by atoms with E-state index < -0.39 is 43.0 Å². The van der Waals surface area contributed by atoms with Crippen molar-refractivity contribution >= 4 is 27.1 Å². The monoisotopic (exact) mass is 385 g/mol. The number of nitro groups is 2. The summed E-state index contributed by atoms with van der Waals surface area (Å²) < 4.78 is 23.5. The zero-order chi connectivity index (χ0) is 19.6. The van der Waals surface area contributed by atoms with Crippen molar-refractivity contribution in [2.75, 3.05) is 18.1 Å². The minimum Gasteiger partial charge on any atom is -0.334 e. The quantitative estimate of drug-likeness (QED) is 0.537.